The number of nitrogens with two attached hydrogens (primary N) is 1. The second kappa shape index (κ2) is 5.48. The first-order chi connectivity index (χ1) is 7.82. The third kappa shape index (κ3) is 2.27. The van der Waals surface area contributed by atoms with E-state index in [-0.39, 0.29) is 5.60 Å². The van der Waals surface area contributed by atoms with E-state index in [1.165, 1.54) is 51.4 Å². The predicted molar refractivity (Wildman–Crippen MR) is 65.9 cm³/mol. The molecule has 0 amide bonds. The zero-order valence-corrected chi connectivity index (χ0v) is 10.5. The maximum absolute atomic E-state index is 6.11. The fourth-order valence-electron chi connectivity index (χ4n) is 3.81. The SMILES string of the molecule is CCOC1(C(NN)C2CCCC2)CCCC1. The van der Waals surface area contributed by atoms with Gasteiger partial charge in [0.25, 0.3) is 0 Å². The van der Waals surface area contributed by atoms with Gasteiger partial charge in [0.15, 0.2) is 0 Å². The van der Waals surface area contributed by atoms with Gasteiger partial charge in [-0.1, -0.05) is 25.7 Å². The topological polar surface area (TPSA) is 47.3 Å². The molecule has 2 fully saturated rings. The van der Waals surface area contributed by atoms with Crippen molar-refractivity contribution in [3.05, 3.63) is 0 Å². The average molecular weight is 226 g/mol. The number of hydrazine groups is 1. The van der Waals surface area contributed by atoms with Crippen molar-refractivity contribution in [2.24, 2.45) is 11.8 Å². The molecule has 2 aliphatic rings. The molecule has 0 aromatic carbocycles. The zero-order valence-electron chi connectivity index (χ0n) is 10.5. The van der Waals surface area contributed by atoms with Crippen molar-refractivity contribution in [1.29, 1.82) is 0 Å². The molecule has 0 spiro atoms. The number of nitrogens with one attached hydrogen (secondary N) is 1. The Morgan fingerprint density at radius 3 is 2.38 bits per heavy atom. The molecule has 2 rings (SSSR count). The van der Waals surface area contributed by atoms with Gasteiger partial charge in [0.05, 0.1) is 11.6 Å². The quantitative estimate of drug-likeness (QED) is 0.559. The largest absolute Gasteiger partial charge is 0.374 e. The molecule has 0 aromatic rings. The molecule has 16 heavy (non-hydrogen) atoms. The molecule has 0 aliphatic heterocycles. The first-order valence-electron chi connectivity index (χ1n) is 6.92. The van der Waals surface area contributed by atoms with E-state index in [1.807, 2.05) is 0 Å². The summed E-state index contributed by atoms with van der Waals surface area (Å²) in [6, 6.07) is 0.373. The minimum absolute atomic E-state index is 0.0402. The smallest absolute Gasteiger partial charge is 0.0850 e. The second-order valence-corrected chi connectivity index (χ2v) is 5.39. The van der Waals surface area contributed by atoms with Crippen molar-refractivity contribution in [1.82, 2.24) is 5.43 Å². The molecule has 2 aliphatic carbocycles. The van der Waals surface area contributed by atoms with Gasteiger partial charge in [-0.25, -0.2) is 0 Å². The maximum Gasteiger partial charge on any atom is 0.0850 e. The molecule has 0 radical (unpaired) electrons. The van der Waals surface area contributed by atoms with E-state index in [0.717, 1.165) is 12.5 Å². The van der Waals surface area contributed by atoms with E-state index in [9.17, 15) is 0 Å². The van der Waals surface area contributed by atoms with Crippen molar-refractivity contribution in [2.45, 2.75) is 69.9 Å². The maximum atomic E-state index is 6.11. The Bertz CT molecular complexity index is 208. The molecule has 1 unspecified atom stereocenters. The lowest BCUT2D eigenvalue weighted by molar-refractivity contribution is -0.0749. The molecule has 0 heterocycles. The summed E-state index contributed by atoms with van der Waals surface area (Å²) in [4.78, 5) is 0. The molecule has 3 N–H and O–H groups in total. The van der Waals surface area contributed by atoms with Gasteiger partial charge in [0.1, 0.15) is 0 Å². The summed E-state index contributed by atoms with van der Waals surface area (Å²) >= 11 is 0. The van der Waals surface area contributed by atoms with Crippen LogP contribution in [0.4, 0.5) is 0 Å². The van der Waals surface area contributed by atoms with Gasteiger partial charge in [0, 0.05) is 6.61 Å². The van der Waals surface area contributed by atoms with Crippen molar-refractivity contribution in [3.8, 4) is 0 Å². The van der Waals surface area contributed by atoms with Crippen LogP contribution in [-0.2, 0) is 4.74 Å². The highest BCUT2D eigenvalue weighted by atomic mass is 16.5. The first-order valence-corrected chi connectivity index (χ1v) is 6.92. The van der Waals surface area contributed by atoms with E-state index in [4.69, 9.17) is 10.6 Å². The molecule has 3 nitrogen and oxygen atoms in total. The summed E-state index contributed by atoms with van der Waals surface area (Å²) in [5.41, 5.74) is 3.13. The third-order valence-corrected chi connectivity index (χ3v) is 4.50. The standard InChI is InChI=1S/C13H26N2O/c1-2-16-13(9-5-6-10-13)12(15-14)11-7-3-4-8-11/h11-12,15H,2-10,14H2,1H3. The van der Waals surface area contributed by atoms with E-state index in [2.05, 4.69) is 12.3 Å². The van der Waals surface area contributed by atoms with Crippen molar-refractivity contribution < 1.29 is 4.74 Å². The Hall–Kier alpha value is -0.120. The average Bonchev–Trinajstić information content (AvgIpc) is 2.92. The Morgan fingerprint density at radius 2 is 1.88 bits per heavy atom. The fraction of sp³-hybridized carbons (Fsp3) is 1.00. The van der Waals surface area contributed by atoms with Crippen LogP contribution >= 0.6 is 0 Å². The monoisotopic (exact) mass is 226 g/mol. The second-order valence-electron chi connectivity index (χ2n) is 5.39. The summed E-state index contributed by atoms with van der Waals surface area (Å²) in [5.74, 6) is 6.55. The van der Waals surface area contributed by atoms with Crippen molar-refractivity contribution in [2.75, 3.05) is 6.61 Å². The number of hydrogen-bond donors (Lipinski definition) is 2. The highest BCUT2D eigenvalue weighted by molar-refractivity contribution is 5.00. The van der Waals surface area contributed by atoms with E-state index in [1.54, 1.807) is 0 Å². The van der Waals surface area contributed by atoms with Gasteiger partial charge < -0.3 is 4.74 Å². The first kappa shape index (κ1) is 12.3. The highest BCUT2D eigenvalue weighted by Gasteiger charge is 2.45. The van der Waals surface area contributed by atoms with Gasteiger partial charge >= 0.3 is 0 Å². The molecular weight excluding hydrogens is 200 g/mol. The minimum Gasteiger partial charge on any atom is -0.374 e. The fourth-order valence-corrected chi connectivity index (χ4v) is 3.81. The van der Waals surface area contributed by atoms with Crippen molar-refractivity contribution >= 4 is 0 Å². The summed E-state index contributed by atoms with van der Waals surface area (Å²) < 4.78 is 6.11. The van der Waals surface area contributed by atoms with Crippen molar-refractivity contribution in [3.63, 3.8) is 0 Å². The zero-order chi connectivity index (χ0) is 11.4. The van der Waals surface area contributed by atoms with E-state index >= 15 is 0 Å². The number of hydrogen-bond acceptors (Lipinski definition) is 3. The molecule has 0 saturated heterocycles. The Balaban J connectivity index is 2.08. The van der Waals surface area contributed by atoms with Gasteiger partial charge in [-0.15, -0.1) is 0 Å². The highest BCUT2D eigenvalue weighted by Crippen LogP contribution is 2.42. The Labute approximate surface area is 99.1 Å². The summed E-state index contributed by atoms with van der Waals surface area (Å²) in [5, 5.41) is 0. The molecule has 2 saturated carbocycles. The number of rotatable bonds is 5. The Morgan fingerprint density at radius 1 is 1.25 bits per heavy atom. The third-order valence-electron chi connectivity index (χ3n) is 4.50. The normalized spacial score (nSPS) is 27.4. The molecular formula is C13H26N2O. The number of ether oxygens (including phenoxy) is 1. The predicted octanol–water partition coefficient (Wildman–Crippen LogP) is 2.36. The summed E-state index contributed by atoms with van der Waals surface area (Å²) in [7, 11) is 0. The van der Waals surface area contributed by atoms with Crippen LogP contribution in [0.15, 0.2) is 0 Å². The van der Waals surface area contributed by atoms with Crippen LogP contribution in [0, 0.1) is 5.92 Å². The van der Waals surface area contributed by atoms with Crippen LogP contribution in [0.25, 0.3) is 0 Å². The van der Waals surface area contributed by atoms with Gasteiger partial charge in [-0.2, -0.15) is 0 Å². The lowest BCUT2D eigenvalue weighted by atomic mass is 9.82. The molecule has 0 bridgehead atoms. The van der Waals surface area contributed by atoms with Crippen LogP contribution in [0.2, 0.25) is 0 Å². The van der Waals surface area contributed by atoms with E-state index in [0.29, 0.717) is 6.04 Å². The van der Waals surface area contributed by atoms with Gasteiger partial charge in [-0.05, 0) is 38.5 Å². The van der Waals surface area contributed by atoms with Crippen LogP contribution in [-0.4, -0.2) is 18.2 Å². The van der Waals surface area contributed by atoms with Crippen LogP contribution in [0.3, 0.4) is 0 Å². The molecule has 0 aromatic heterocycles. The molecule has 94 valence electrons. The lowest BCUT2D eigenvalue weighted by Crippen LogP contribution is -2.56. The minimum atomic E-state index is 0.0402. The summed E-state index contributed by atoms with van der Waals surface area (Å²) in [6.45, 7) is 2.91. The van der Waals surface area contributed by atoms with Gasteiger partial charge in [-0.3, -0.25) is 11.3 Å². The molecule has 3 heteroatoms. The van der Waals surface area contributed by atoms with Crippen LogP contribution in [0.5, 0.6) is 0 Å². The van der Waals surface area contributed by atoms with Crippen LogP contribution < -0.4 is 11.3 Å². The molecule has 1 atom stereocenters. The van der Waals surface area contributed by atoms with E-state index < -0.39 is 0 Å². The lowest BCUT2D eigenvalue weighted by Gasteiger charge is -2.40. The van der Waals surface area contributed by atoms with Gasteiger partial charge in [0.2, 0.25) is 0 Å². The van der Waals surface area contributed by atoms with Crippen LogP contribution in [0.1, 0.15) is 58.3 Å². The Kier molecular flexibility index (Phi) is 4.22. The summed E-state index contributed by atoms with van der Waals surface area (Å²) in [6.07, 6.45) is 10.3.